The van der Waals surface area contributed by atoms with E-state index < -0.39 is 0 Å². The molecule has 0 aliphatic rings. The quantitative estimate of drug-likeness (QED) is 0.863. The van der Waals surface area contributed by atoms with Gasteiger partial charge in [0.2, 0.25) is 0 Å². The van der Waals surface area contributed by atoms with Crippen LogP contribution in [0, 0.1) is 17.2 Å². The molecule has 0 amide bonds. The normalized spacial score (nSPS) is 12.2. The Balaban J connectivity index is 3.06. The van der Waals surface area contributed by atoms with E-state index in [0.717, 1.165) is 6.54 Å². The van der Waals surface area contributed by atoms with Crippen molar-refractivity contribution in [1.29, 1.82) is 5.26 Å². The number of aromatic nitrogens is 2. The van der Waals surface area contributed by atoms with Gasteiger partial charge in [-0.15, -0.1) is 0 Å². The van der Waals surface area contributed by atoms with E-state index in [0.29, 0.717) is 18.2 Å². The molecule has 0 fully saturated rings. The van der Waals surface area contributed by atoms with Crippen molar-refractivity contribution in [1.82, 2.24) is 9.97 Å². The summed E-state index contributed by atoms with van der Waals surface area (Å²) in [4.78, 5) is 20.7. The maximum Gasteiger partial charge on any atom is 0.252 e. The van der Waals surface area contributed by atoms with Crippen molar-refractivity contribution in [2.45, 2.75) is 33.6 Å². The Hall–Kier alpha value is -1.83. The third-order valence-corrected chi connectivity index (χ3v) is 2.71. The lowest BCUT2D eigenvalue weighted by Crippen LogP contribution is -2.30. The predicted molar refractivity (Wildman–Crippen MR) is 71.6 cm³/mol. The summed E-state index contributed by atoms with van der Waals surface area (Å²) >= 11 is 0. The Labute approximate surface area is 107 Å². The lowest BCUT2D eigenvalue weighted by Gasteiger charge is -2.23. The largest absolute Gasteiger partial charge is 0.355 e. The lowest BCUT2D eigenvalue weighted by atomic mass is 10.2. The fourth-order valence-corrected chi connectivity index (χ4v) is 1.65. The molecule has 5 nitrogen and oxygen atoms in total. The summed E-state index contributed by atoms with van der Waals surface area (Å²) in [5.41, 5.74) is -0.147. The number of anilines is 1. The molecule has 0 radical (unpaired) electrons. The standard InChI is InChI=1S/C13H20N4O/c1-5-17(8-10(4)7-14)11-6-12(18)16-13(15-11)9(2)3/h6,9-10H,5,8H2,1-4H3,(H,15,16,18). The monoisotopic (exact) mass is 248 g/mol. The summed E-state index contributed by atoms with van der Waals surface area (Å²) in [6.07, 6.45) is 0. The van der Waals surface area contributed by atoms with E-state index in [4.69, 9.17) is 5.26 Å². The third-order valence-electron chi connectivity index (χ3n) is 2.71. The molecule has 1 heterocycles. The second-order valence-corrected chi connectivity index (χ2v) is 4.71. The highest BCUT2D eigenvalue weighted by atomic mass is 16.1. The van der Waals surface area contributed by atoms with Crippen LogP contribution in [-0.2, 0) is 0 Å². The first-order chi connectivity index (χ1) is 8.47. The van der Waals surface area contributed by atoms with Gasteiger partial charge in [0, 0.05) is 25.1 Å². The van der Waals surface area contributed by atoms with Gasteiger partial charge in [-0.2, -0.15) is 5.26 Å². The number of hydrogen-bond acceptors (Lipinski definition) is 4. The zero-order valence-corrected chi connectivity index (χ0v) is 11.4. The van der Waals surface area contributed by atoms with E-state index in [1.807, 2.05) is 32.6 Å². The summed E-state index contributed by atoms with van der Waals surface area (Å²) in [7, 11) is 0. The van der Waals surface area contributed by atoms with Crippen molar-refractivity contribution >= 4 is 5.82 Å². The van der Waals surface area contributed by atoms with Gasteiger partial charge in [0.25, 0.3) is 5.56 Å². The van der Waals surface area contributed by atoms with E-state index in [1.165, 1.54) is 6.07 Å². The fraction of sp³-hybridized carbons (Fsp3) is 0.615. The molecular weight excluding hydrogens is 228 g/mol. The zero-order chi connectivity index (χ0) is 13.7. The molecule has 5 heteroatoms. The van der Waals surface area contributed by atoms with Crippen LogP contribution in [0.3, 0.4) is 0 Å². The van der Waals surface area contributed by atoms with Gasteiger partial charge in [-0.3, -0.25) is 4.79 Å². The van der Waals surface area contributed by atoms with Crippen LogP contribution in [0.25, 0.3) is 0 Å². The van der Waals surface area contributed by atoms with Crippen molar-refractivity contribution in [2.75, 3.05) is 18.0 Å². The SMILES string of the molecule is CCN(CC(C)C#N)c1cc(=O)[nH]c(C(C)C)n1. The molecule has 18 heavy (non-hydrogen) atoms. The topological polar surface area (TPSA) is 72.8 Å². The molecule has 1 N–H and O–H groups in total. The molecule has 0 aromatic carbocycles. The molecule has 98 valence electrons. The lowest BCUT2D eigenvalue weighted by molar-refractivity contribution is 0.670. The van der Waals surface area contributed by atoms with Crippen LogP contribution < -0.4 is 10.5 Å². The average molecular weight is 248 g/mol. The second-order valence-electron chi connectivity index (χ2n) is 4.71. The van der Waals surface area contributed by atoms with Crippen molar-refractivity contribution < 1.29 is 0 Å². The minimum absolute atomic E-state index is 0.0893. The second kappa shape index (κ2) is 6.20. The fourth-order valence-electron chi connectivity index (χ4n) is 1.65. The number of hydrogen-bond donors (Lipinski definition) is 1. The smallest absolute Gasteiger partial charge is 0.252 e. The van der Waals surface area contributed by atoms with E-state index in [1.54, 1.807) is 0 Å². The van der Waals surface area contributed by atoms with Crippen LogP contribution in [0.2, 0.25) is 0 Å². The van der Waals surface area contributed by atoms with Crippen LogP contribution in [0.5, 0.6) is 0 Å². The minimum Gasteiger partial charge on any atom is -0.355 e. The van der Waals surface area contributed by atoms with Crippen LogP contribution in [-0.4, -0.2) is 23.1 Å². The van der Waals surface area contributed by atoms with Crippen LogP contribution >= 0.6 is 0 Å². The summed E-state index contributed by atoms with van der Waals surface area (Å²) in [6, 6.07) is 3.68. The molecule has 0 aliphatic carbocycles. The Kier molecular flexibility index (Phi) is 4.90. The van der Waals surface area contributed by atoms with Gasteiger partial charge >= 0.3 is 0 Å². The van der Waals surface area contributed by atoms with E-state index in [9.17, 15) is 4.79 Å². The highest BCUT2D eigenvalue weighted by Gasteiger charge is 2.13. The first kappa shape index (κ1) is 14.2. The molecule has 1 atom stereocenters. The molecule has 0 saturated heterocycles. The Morgan fingerprint density at radius 2 is 2.17 bits per heavy atom. The van der Waals surface area contributed by atoms with Gasteiger partial charge in [-0.05, 0) is 13.8 Å². The van der Waals surface area contributed by atoms with Crippen LogP contribution in [0.4, 0.5) is 5.82 Å². The van der Waals surface area contributed by atoms with Gasteiger partial charge < -0.3 is 9.88 Å². The molecule has 1 aromatic rings. The van der Waals surface area contributed by atoms with Crippen LogP contribution in [0.15, 0.2) is 10.9 Å². The number of nitriles is 1. The molecule has 0 aliphatic heterocycles. The van der Waals surface area contributed by atoms with Crippen molar-refractivity contribution in [3.8, 4) is 6.07 Å². The van der Waals surface area contributed by atoms with Crippen molar-refractivity contribution in [3.05, 3.63) is 22.2 Å². The van der Waals surface area contributed by atoms with E-state index in [2.05, 4.69) is 16.0 Å². The first-order valence-electron chi connectivity index (χ1n) is 6.23. The van der Waals surface area contributed by atoms with Crippen molar-refractivity contribution in [2.24, 2.45) is 5.92 Å². The maximum atomic E-state index is 11.6. The molecule has 1 rings (SSSR count). The number of rotatable bonds is 5. The highest BCUT2D eigenvalue weighted by molar-refractivity contribution is 5.37. The Morgan fingerprint density at radius 3 is 2.67 bits per heavy atom. The predicted octanol–water partition coefficient (Wildman–Crippen LogP) is 1.88. The average Bonchev–Trinajstić information content (AvgIpc) is 2.34. The first-order valence-corrected chi connectivity index (χ1v) is 6.23. The van der Waals surface area contributed by atoms with E-state index >= 15 is 0 Å². The van der Waals surface area contributed by atoms with Gasteiger partial charge in [-0.25, -0.2) is 4.98 Å². The maximum absolute atomic E-state index is 11.6. The van der Waals surface area contributed by atoms with Crippen molar-refractivity contribution in [3.63, 3.8) is 0 Å². The summed E-state index contributed by atoms with van der Waals surface area (Å²) in [5, 5.41) is 8.86. The third kappa shape index (κ3) is 3.59. The number of nitrogens with zero attached hydrogens (tertiary/aromatic N) is 3. The summed E-state index contributed by atoms with van der Waals surface area (Å²) in [6.45, 7) is 9.12. The molecule has 0 bridgehead atoms. The Bertz CT molecular complexity index is 486. The Morgan fingerprint density at radius 1 is 1.50 bits per heavy atom. The van der Waals surface area contributed by atoms with Crippen LogP contribution in [0.1, 0.15) is 39.4 Å². The summed E-state index contributed by atoms with van der Waals surface area (Å²) in [5.74, 6) is 1.41. The molecular formula is C13H20N4O. The molecule has 1 unspecified atom stereocenters. The van der Waals surface area contributed by atoms with Gasteiger partial charge in [0.15, 0.2) is 0 Å². The van der Waals surface area contributed by atoms with Gasteiger partial charge in [-0.1, -0.05) is 13.8 Å². The number of H-pyrrole nitrogens is 1. The zero-order valence-electron chi connectivity index (χ0n) is 11.4. The number of aromatic amines is 1. The van der Waals surface area contributed by atoms with Gasteiger partial charge in [0.1, 0.15) is 11.6 Å². The minimum atomic E-state index is -0.147. The molecule has 0 saturated carbocycles. The molecule has 1 aromatic heterocycles. The summed E-state index contributed by atoms with van der Waals surface area (Å²) < 4.78 is 0. The highest BCUT2D eigenvalue weighted by Crippen LogP contribution is 2.14. The number of nitrogens with one attached hydrogen (secondary N) is 1. The van der Waals surface area contributed by atoms with E-state index in [-0.39, 0.29) is 17.4 Å². The van der Waals surface area contributed by atoms with Gasteiger partial charge in [0.05, 0.1) is 12.0 Å². The molecule has 0 spiro atoms.